The molecule has 2 aromatic rings. The first-order valence-electron chi connectivity index (χ1n) is 10.00. The standard InChI is InChI=1S/C23H28N2O4/c1-27-19-9-8-17(20(28-2)21(19)29-3)14-25-13-12-23(15-25)11-10-16-6-4-5-7-18(16)22(26)24-23/h4-9H,10-15H2,1-3H3,(H,24,26)/t23-/m1/s1. The Labute approximate surface area is 171 Å². The second-order valence-electron chi connectivity index (χ2n) is 7.85. The Balaban J connectivity index is 1.52. The highest BCUT2D eigenvalue weighted by molar-refractivity contribution is 5.96. The van der Waals surface area contributed by atoms with Gasteiger partial charge in [-0.2, -0.15) is 0 Å². The summed E-state index contributed by atoms with van der Waals surface area (Å²) in [5.74, 6) is 2.01. The first kappa shape index (κ1) is 19.6. The molecule has 2 heterocycles. The summed E-state index contributed by atoms with van der Waals surface area (Å²) < 4.78 is 16.5. The predicted molar refractivity (Wildman–Crippen MR) is 111 cm³/mol. The van der Waals surface area contributed by atoms with E-state index in [0.717, 1.165) is 55.6 Å². The largest absolute Gasteiger partial charge is 0.493 e. The van der Waals surface area contributed by atoms with E-state index >= 15 is 0 Å². The molecular weight excluding hydrogens is 368 g/mol. The third kappa shape index (κ3) is 3.65. The number of rotatable bonds is 5. The highest BCUT2D eigenvalue weighted by Gasteiger charge is 2.41. The van der Waals surface area contributed by atoms with Gasteiger partial charge in [-0.15, -0.1) is 0 Å². The molecule has 1 N–H and O–H groups in total. The number of nitrogens with one attached hydrogen (secondary N) is 1. The fourth-order valence-electron chi connectivity index (χ4n) is 4.63. The van der Waals surface area contributed by atoms with Crippen LogP contribution >= 0.6 is 0 Å². The van der Waals surface area contributed by atoms with Crippen molar-refractivity contribution in [2.45, 2.75) is 31.3 Å². The van der Waals surface area contributed by atoms with E-state index in [4.69, 9.17) is 14.2 Å². The molecule has 0 unspecified atom stereocenters. The van der Waals surface area contributed by atoms with Crippen LogP contribution in [0.25, 0.3) is 0 Å². The van der Waals surface area contributed by atoms with Gasteiger partial charge in [-0.05, 0) is 37.0 Å². The molecule has 2 aliphatic rings. The number of methoxy groups -OCH3 is 3. The lowest BCUT2D eigenvalue weighted by Crippen LogP contribution is -2.49. The van der Waals surface area contributed by atoms with Crippen molar-refractivity contribution >= 4 is 5.91 Å². The summed E-state index contributed by atoms with van der Waals surface area (Å²) in [4.78, 5) is 15.2. The Morgan fingerprint density at radius 2 is 1.79 bits per heavy atom. The molecule has 0 radical (unpaired) electrons. The second-order valence-corrected chi connectivity index (χ2v) is 7.85. The van der Waals surface area contributed by atoms with E-state index in [-0.39, 0.29) is 11.4 Å². The van der Waals surface area contributed by atoms with Gasteiger partial charge >= 0.3 is 0 Å². The van der Waals surface area contributed by atoms with Crippen molar-refractivity contribution in [1.82, 2.24) is 10.2 Å². The third-order valence-electron chi connectivity index (χ3n) is 6.13. The topological polar surface area (TPSA) is 60.0 Å². The zero-order valence-corrected chi connectivity index (χ0v) is 17.3. The van der Waals surface area contributed by atoms with Crippen LogP contribution in [0.5, 0.6) is 17.2 Å². The van der Waals surface area contributed by atoms with Gasteiger partial charge in [-0.1, -0.05) is 24.3 Å². The van der Waals surface area contributed by atoms with Gasteiger partial charge in [0.05, 0.1) is 26.9 Å². The molecule has 6 heteroatoms. The van der Waals surface area contributed by atoms with Crippen LogP contribution in [-0.4, -0.2) is 50.8 Å². The summed E-state index contributed by atoms with van der Waals surface area (Å²) >= 11 is 0. The number of likely N-dealkylation sites (tertiary alicyclic amines) is 1. The summed E-state index contributed by atoms with van der Waals surface area (Å²) in [6.45, 7) is 2.48. The van der Waals surface area contributed by atoms with E-state index in [2.05, 4.69) is 16.3 Å². The maximum absolute atomic E-state index is 12.8. The number of benzene rings is 2. The lowest BCUT2D eigenvalue weighted by molar-refractivity contribution is 0.0902. The average Bonchev–Trinajstić information content (AvgIpc) is 3.07. The fraction of sp³-hybridized carbons (Fsp3) is 0.435. The van der Waals surface area contributed by atoms with E-state index < -0.39 is 0 Å². The number of carbonyl (C=O) groups is 1. The van der Waals surface area contributed by atoms with Crippen LogP contribution in [0.2, 0.25) is 0 Å². The normalized spacial score (nSPS) is 21.4. The van der Waals surface area contributed by atoms with Gasteiger partial charge < -0.3 is 19.5 Å². The molecule has 0 aliphatic carbocycles. The number of ether oxygens (including phenoxy) is 3. The van der Waals surface area contributed by atoms with Crippen LogP contribution in [0.1, 0.15) is 34.3 Å². The minimum Gasteiger partial charge on any atom is -0.493 e. The van der Waals surface area contributed by atoms with Gasteiger partial charge in [0.1, 0.15) is 0 Å². The van der Waals surface area contributed by atoms with E-state index in [0.29, 0.717) is 17.2 Å². The highest BCUT2D eigenvalue weighted by atomic mass is 16.5. The van der Waals surface area contributed by atoms with Gasteiger partial charge in [0.25, 0.3) is 5.91 Å². The van der Waals surface area contributed by atoms with Gasteiger partial charge in [-0.3, -0.25) is 9.69 Å². The van der Waals surface area contributed by atoms with Crippen molar-refractivity contribution < 1.29 is 19.0 Å². The number of amides is 1. The first-order valence-corrected chi connectivity index (χ1v) is 10.00. The summed E-state index contributed by atoms with van der Waals surface area (Å²) in [7, 11) is 4.89. The van der Waals surface area contributed by atoms with Crippen LogP contribution in [0.3, 0.4) is 0 Å². The number of aryl methyl sites for hydroxylation is 1. The zero-order chi connectivity index (χ0) is 20.4. The van der Waals surface area contributed by atoms with Gasteiger partial charge in [0.2, 0.25) is 5.75 Å². The Bertz CT molecular complexity index is 914. The van der Waals surface area contributed by atoms with Crippen molar-refractivity contribution in [2.75, 3.05) is 34.4 Å². The fourth-order valence-corrected chi connectivity index (χ4v) is 4.63. The molecule has 6 nitrogen and oxygen atoms in total. The van der Waals surface area contributed by atoms with Crippen LogP contribution in [0.15, 0.2) is 36.4 Å². The number of carbonyl (C=O) groups excluding carboxylic acids is 1. The number of fused-ring (bicyclic) bond motifs is 1. The molecule has 0 saturated carbocycles. The first-order chi connectivity index (χ1) is 14.1. The predicted octanol–water partition coefficient (Wildman–Crippen LogP) is 3.03. The minimum absolute atomic E-state index is 0.0450. The molecule has 29 heavy (non-hydrogen) atoms. The molecule has 2 aromatic carbocycles. The van der Waals surface area contributed by atoms with Crippen molar-refractivity contribution in [3.8, 4) is 17.2 Å². The molecule has 0 aromatic heterocycles. The van der Waals surface area contributed by atoms with E-state index in [9.17, 15) is 4.79 Å². The Morgan fingerprint density at radius 1 is 1.00 bits per heavy atom. The van der Waals surface area contributed by atoms with Crippen LogP contribution < -0.4 is 19.5 Å². The van der Waals surface area contributed by atoms with E-state index in [1.807, 2.05) is 30.3 Å². The average molecular weight is 396 g/mol. The Hall–Kier alpha value is -2.73. The van der Waals surface area contributed by atoms with Crippen molar-refractivity contribution in [3.05, 3.63) is 53.1 Å². The monoisotopic (exact) mass is 396 g/mol. The third-order valence-corrected chi connectivity index (χ3v) is 6.13. The van der Waals surface area contributed by atoms with Crippen molar-refractivity contribution in [3.63, 3.8) is 0 Å². The van der Waals surface area contributed by atoms with Gasteiger partial charge in [0.15, 0.2) is 11.5 Å². The smallest absolute Gasteiger partial charge is 0.252 e. The van der Waals surface area contributed by atoms with Gasteiger partial charge in [0, 0.05) is 30.8 Å². The van der Waals surface area contributed by atoms with E-state index in [1.54, 1.807) is 21.3 Å². The quantitative estimate of drug-likeness (QED) is 0.842. The molecule has 1 saturated heterocycles. The second kappa shape index (κ2) is 7.95. The van der Waals surface area contributed by atoms with E-state index in [1.165, 1.54) is 0 Å². The summed E-state index contributed by atoms with van der Waals surface area (Å²) in [5, 5.41) is 3.34. The molecule has 0 bridgehead atoms. The maximum Gasteiger partial charge on any atom is 0.252 e. The maximum atomic E-state index is 12.8. The number of nitrogens with zero attached hydrogens (tertiary/aromatic N) is 1. The Morgan fingerprint density at radius 3 is 2.55 bits per heavy atom. The highest BCUT2D eigenvalue weighted by Crippen LogP contribution is 2.41. The molecule has 1 amide bonds. The molecule has 1 fully saturated rings. The SMILES string of the molecule is COc1ccc(CN2CC[C@]3(CCc4ccccc4C(=O)N3)C2)c(OC)c1OC. The summed E-state index contributed by atoms with van der Waals surface area (Å²) in [6, 6.07) is 11.9. The molecule has 2 aliphatic heterocycles. The molecule has 1 atom stereocenters. The number of hydrogen-bond acceptors (Lipinski definition) is 5. The summed E-state index contributed by atoms with van der Waals surface area (Å²) in [6.07, 6.45) is 2.82. The van der Waals surface area contributed by atoms with Crippen molar-refractivity contribution in [2.24, 2.45) is 0 Å². The molecule has 1 spiro atoms. The van der Waals surface area contributed by atoms with Crippen LogP contribution in [0, 0.1) is 0 Å². The van der Waals surface area contributed by atoms with Crippen LogP contribution in [-0.2, 0) is 13.0 Å². The number of hydrogen-bond donors (Lipinski definition) is 1. The molecule has 154 valence electrons. The molecule has 4 rings (SSSR count). The van der Waals surface area contributed by atoms with Crippen molar-refractivity contribution in [1.29, 1.82) is 0 Å². The zero-order valence-electron chi connectivity index (χ0n) is 17.3. The lowest BCUT2D eigenvalue weighted by atomic mass is 9.91. The minimum atomic E-state index is -0.181. The summed E-state index contributed by atoms with van der Waals surface area (Å²) in [5.41, 5.74) is 2.82. The van der Waals surface area contributed by atoms with Crippen LogP contribution in [0.4, 0.5) is 0 Å². The molecular formula is C23H28N2O4. The van der Waals surface area contributed by atoms with Gasteiger partial charge in [-0.25, -0.2) is 0 Å². The Kier molecular flexibility index (Phi) is 5.37. The lowest BCUT2D eigenvalue weighted by Gasteiger charge is -2.29.